The van der Waals surface area contributed by atoms with Crippen molar-refractivity contribution in [2.45, 2.75) is 25.4 Å². The lowest BCUT2D eigenvalue weighted by atomic mass is 10.2. The number of nitrogens with one attached hydrogen (secondary N) is 1. The smallest absolute Gasteiger partial charge is 0.326 e. The van der Waals surface area contributed by atoms with Gasteiger partial charge < -0.3 is 15.3 Å². The predicted molar refractivity (Wildman–Crippen MR) is 78.6 cm³/mol. The summed E-state index contributed by atoms with van der Waals surface area (Å²) < 4.78 is 0. The van der Waals surface area contributed by atoms with Gasteiger partial charge in [0.2, 0.25) is 0 Å². The highest BCUT2D eigenvalue weighted by Gasteiger charge is 2.23. The molecule has 2 amide bonds. The van der Waals surface area contributed by atoms with Crippen LogP contribution in [0.1, 0.15) is 13.3 Å². The molecule has 0 radical (unpaired) electrons. The van der Waals surface area contributed by atoms with Crippen LogP contribution in [0.5, 0.6) is 0 Å². The van der Waals surface area contributed by atoms with Gasteiger partial charge >= 0.3 is 12.0 Å². The third-order valence-corrected chi connectivity index (χ3v) is 4.06. The fourth-order valence-electron chi connectivity index (χ4n) is 1.30. The van der Waals surface area contributed by atoms with E-state index in [1.165, 1.54) is 0 Å². The van der Waals surface area contributed by atoms with Crippen LogP contribution in [-0.2, 0) is 4.79 Å². The molecule has 18 heavy (non-hydrogen) atoms. The Labute approximate surface area is 117 Å². The van der Waals surface area contributed by atoms with Crippen molar-refractivity contribution < 1.29 is 14.7 Å². The van der Waals surface area contributed by atoms with Gasteiger partial charge in [-0.25, -0.2) is 9.59 Å². The summed E-state index contributed by atoms with van der Waals surface area (Å²) >= 11 is 3.22. The van der Waals surface area contributed by atoms with Gasteiger partial charge in [0.05, 0.1) is 0 Å². The molecule has 0 aliphatic rings. The molecule has 5 nitrogen and oxygen atoms in total. The van der Waals surface area contributed by atoms with E-state index in [-0.39, 0.29) is 12.1 Å². The minimum absolute atomic E-state index is 0.0787. The number of rotatable bonds is 8. The maximum Gasteiger partial charge on any atom is 0.326 e. The van der Waals surface area contributed by atoms with Crippen molar-refractivity contribution in [1.82, 2.24) is 10.2 Å². The Morgan fingerprint density at radius 2 is 1.94 bits per heavy atom. The Hall–Kier alpha value is -0.560. The molecule has 0 bridgehead atoms. The van der Waals surface area contributed by atoms with E-state index in [2.05, 4.69) is 5.32 Å². The summed E-state index contributed by atoms with van der Waals surface area (Å²) in [5, 5.41) is 11.6. The fraction of sp³-hybridized carbons (Fsp3) is 0.818. The van der Waals surface area contributed by atoms with Gasteiger partial charge in [0.1, 0.15) is 6.04 Å². The minimum Gasteiger partial charge on any atom is -0.480 e. The second-order valence-corrected chi connectivity index (χ2v) is 5.93. The number of carboxylic acids is 1. The molecule has 2 atom stereocenters. The van der Waals surface area contributed by atoms with Gasteiger partial charge in [-0.2, -0.15) is 23.5 Å². The summed E-state index contributed by atoms with van der Waals surface area (Å²) in [6.07, 6.45) is 4.32. The Bertz CT molecular complexity index is 277. The zero-order valence-electron chi connectivity index (χ0n) is 11.3. The maximum absolute atomic E-state index is 11.9. The van der Waals surface area contributed by atoms with Crippen molar-refractivity contribution in [2.24, 2.45) is 0 Å². The lowest BCUT2D eigenvalue weighted by Gasteiger charge is -2.26. The molecule has 0 aromatic heterocycles. The molecule has 0 saturated heterocycles. The van der Waals surface area contributed by atoms with Crippen LogP contribution in [0.25, 0.3) is 0 Å². The molecule has 0 fully saturated rings. The van der Waals surface area contributed by atoms with E-state index in [1.807, 2.05) is 19.4 Å². The summed E-state index contributed by atoms with van der Waals surface area (Å²) in [6, 6.07) is -1.06. The van der Waals surface area contributed by atoms with E-state index in [9.17, 15) is 9.59 Å². The molecule has 0 heterocycles. The molecule has 0 aliphatic carbocycles. The van der Waals surface area contributed by atoms with Crippen LogP contribution < -0.4 is 5.32 Å². The highest BCUT2D eigenvalue weighted by molar-refractivity contribution is 7.98. The number of aliphatic carboxylic acids is 1. The van der Waals surface area contributed by atoms with Crippen LogP contribution in [0, 0.1) is 0 Å². The maximum atomic E-state index is 11.9. The number of hydrogen-bond acceptors (Lipinski definition) is 4. The van der Waals surface area contributed by atoms with Gasteiger partial charge in [0, 0.05) is 18.8 Å². The fourth-order valence-corrected chi connectivity index (χ4v) is 2.47. The van der Waals surface area contributed by atoms with Crippen LogP contribution >= 0.6 is 23.5 Å². The van der Waals surface area contributed by atoms with Crippen molar-refractivity contribution in [3.8, 4) is 0 Å². The van der Waals surface area contributed by atoms with Gasteiger partial charge in [-0.1, -0.05) is 0 Å². The Balaban J connectivity index is 4.35. The zero-order valence-corrected chi connectivity index (χ0v) is 12.9. The summed E-state index contributed by atoms with van der Waals surface area (Å²) in [7, 11) is 1.68. The Kier molecular flexibility index (Phi) is 9.09. The molecule has 0 rings (SSSR count). The van der Waals surface area contributed by atoms with E-state index >= 15 is 0 Å². The SMILES string of the molecule is CSCC[C@@H](NC(=O)N(C)C(C)CSC)C(=O)O. The summed E-state index contributed by atoms with van der Waals surface area (Å²) in [5.74, 6) is 0.552. The monoisotopic (exact) mass is 294 g/mol. The number of hydrogen-bond donors (Lipinski definition) is 2. The van der Waals surface area contributed by atoms with Crippen molar-refractivity contribution in [3.63, 3.8) is 0 Å². The van der Waals surface area contributed by atoms with Crippen molar-refractivity contribution in [3.05, 3.63) is 0 Å². The van der Waals surface area contributed by atoms with Crippen molar-refractivity contribution in [2.75, 3.05) is 31.1 Å². The number of carbonyl (C=O) groups excluding carboxylic acids is 1. The normalized spacial score (nSPS) is 13.8. The quantitative estimate of drug-likeness (QED) is 0.711. The van der Waals surface area contributed by atoms with Crippen molar-refractivity contribution >= 4 is 35.5 Å². The van der Waals surface area contributed by atoms with Gasteiger partial charge in [-0.3, -0.25) is 0 Å². The average molecular weight is 294 g/mol. The lowest BCUT2D eigenvalue weighted by molar-refractivity contribution is -0.139. The molecule has 0 aromatic carbocycles. The van der Waals surface area contributed by atoms with E-state index in [0.29, 0.717) is 12.2 Å². The molecule has 0 spiro atoms. The number of nitrogens with zero attached hydrogens (tertiary/aromatic N) is 1. The number of amides is 2. The summed E-state index contributed by atoms with van der Waals surface area (Å²) in [4.78, 5) is 24.4. The average Bonchev–Trinajstić information content (AvgIpc) is 2.33. The van der Waals surface area contributed by atoms with Crippen molar-refractivity contribution in [1.29, 1.82) is 0 Å². The standard InChI is InChI=1S/C11H22N2O3S2/c1-8(7-18-4)13(2)11(16)12-9(10(14)15)5-6-17-3/h8-9H,5-7H2,1-4H3,(H,12,16)(H,14,15)/t8?,9-/m1/s1. The van der Waals surface area contributed by atoms with E-state index in [1.54, 1.807) is 35.5 Å². The molecule has 7 heteroatoms. The number of urea groups is 1. The van der Waals surface area contributed by atoms with E-state index < -0.39 is 12.0 Å². The van der Waals surface area contributed by atoms with Crippen LogP contribution in [-0.4, -0.2) is 65.2 Å². The minimum atomic E-state index is -0.983. The third kappa shape index (κ3) is 6.39. The molecule has 0 aromatic rings. The molecular formula is C11H22N2O3S2. The molecule has 106 valence electrons. The molecule has 0 saturated carbocycles. The number of carboxylic acid groups (broad SMARTS) is 1. The molecular weight excluding hydrogens is 272 g/mol. The second kappa shape index (κ2) is 9.38. The predicted octanol–water partition coefficient (Wildman–Crippen LogP) is 1.59. The first-order valence-corrected chi connectivity index (χ1v) is 8.46. The number of carbonyl (C=O) groups is 2. The van der Waals surface area contributed by atoms with Gasteiger partial charge in [-0.05, 0) is 31.6 Å². The largest absolute Gasteiger partial charge is 0.480 e. The third-order valence-electron chi connectivity index (χ3n) is 2.60. The highest BCUT2D eigenvalue weighted by Crippen LogP contribution is 2.06. The topological polar surface area (TPSA) is 69.6 Å². The van der Waals surface area contributed by atoms with Gasteiger partial charge in [0.25, 0.3) is 0 Å². The zero-order chi connectivity index (χ0) is 14.1. The van der Waals surface area contributed by atoms with E-state index in [4.69, 9.17) is 5.11 Å². The summed E-state index contributed by atoms with van der Waals surface area (Å²) in [5.41, 5.74) is 0. The lowest BCUT2D eigenvalue weighted by Crippen LogP contribution is -2.49. The molecule has 1 unspecified atom stereocenters. The summed E-state index contributed by atoms with van der Waals surface area (Å²) in [6.45, 7) is 1.94. The first-order valence-electron chi connectivity index (χ1n) is 5.68. The second-order valence-electron chi connectivity index (χ2n) is 4.04. The van der Waals surface area contributed by atoms with E-state index in [0.717, 1.165) is 5.75 Å². The highest BCUT2D eigenvalue weighted by atomic mass is 32.2. The molecule has 2 N–H and O–H groups in total. The van der Waals surface area contributed by atoms with Crippen LogP contribution in [0.15, 0.2) is 0 Å². The van der Waals surface area contributed by atoms with Crippen LogP contribution in [0.2, 0.25) is 0 Å². The van der Waals surface area contributed by atoms with Gasteiger partial charge in [0.15, 0.2) is 0 Å². The Morgan fingerprint density at radius 3 is 2.39 bits per heavy atom. The number of thioether (sulfide) groups is 2. The first kappa shape index (κ1) is 17.4. The van der Waals surface area contributed by atoms with Crippen LogP contribution in [0.3, 0.4) is 0 Å². The first-order chi connectivity index (χ1) is 8.43. The van der Waals surface area contributed by atoms with Gasteiger partial charge in [-0.15, -0.1) is 0 Å². The van der Waals surface area contributed by atoms with Crippen LogP contribution in [0.4, 0.5) is 4.79 Å². The Morgan fingerprint density at radius 1 is 1.33 bits per heavy atom. The molecule has 0 aliphatic heterocycles.